The van der Waals surface area contributed by atoms with Crippen molar-refractivity contribution in [1.29, 1.82) is 0 Å². The first-order valence-electron chi connectivity index (χ1n) is 5.14. The van der Waals surface area contributed by atoms with Crippen molar-refractivity contribution in [3.63, 3.8) is 0 Å². The average Bonchev–Trinajstić information content (AvgIpc) is 2.97. The quantitative estimate of drug-likeness (QED) is 0.495. The minimum atomic E-state index is -1.07. The van der Waals surface area contributed by atoms with Gasteiger partial charge >= 0.3 is 0 Å². The Balaban J connectivity index is 0.00000112. The molecular weight excluding hydrogens is 218 g/mol. The summed E-state index contributed by atoms with van der Waals surface area (Å²) in [4.78, 5) is 0. The molecule has 1 fully saturated rings. The highest BCUT2D eigenvalue weighted by molar-refractivity contribution is 5.85. The Bertz CT molecular complexity index is 233. The van der Waals surface area contributed by atoms with Gasteiger partial charge in [-0.1, -0.05) is 12.2 Å². The molecule has 2 rings (SSSR count). The van der Waals surface area contributed by atoms with Gasteiger partial charge in [0.25, 0.3) is 0 Å². The lowest BCUT2D eigenvalue weighted by atomic mass is 9.94. The van der Waals surface area contributed by atoms with Crippen LogP contribution in [0.15, 0.2) is 12.2 Å². The maximum atomic E-state index is 9.62. The average molecular weight is 236 g/mol. The van der Waals surface area contributed by atoms with Crippen LogP contribution in [0.3, 0.4) is 0 Å². The summed E-state index contributed by atoms with van der Waals surface area (Å²) >= 11 is 0. The Labute approximate surface area is 95.4 Å². The molecule has 4 nitrogen and oxygen atoms in total. The SMILES string of the molecule is Cl.O[C@H]1[C@H](O)[C@@H](NCC2CC2)C=C[C@H]1O. The summed E-state index contributed by atoms with van der Waals surface area (Å²) in [7, 11) is 0. The summed E-state index contributed by atoms with van der Waals surface area (Å²) in [5, 5.41) is 31.4. The molecule has 88 valence electrons. The molecule has 4 N–H and O–H groups in total. The van der Waals surface area contributed by atoms with Crippen molar-refractivity contribution in [2.75, 3.05) is 6.54 Å². The first-order chi connectivity index (χ1) is 6.68. The van der Waals surface area contributed by atoms with Gasteiger partial charge < -0.3 is 20.6 Å². The summed E-state index contributed by atoms with van der Waals surface area (Å²) < 4.78 is 0. The zero-order valence-electron chi connectivity index (χ0n) is 8.41. The second-order valence-electron chi connectivity index (χ2n) is 4.23. The number of rotatable bonds is 3. The van der Waals surface area contributed by atoms with Crippen molar-refractivity contribution in [2.24, 2.45) is 5.92 Å². The van der Waals surface area contributed by atoms with E-state index >= 15 is 0 Å². The van der Waals surface area contributed by atoms with Gasteiger partial charge in [-0.25, -0.2) is 0 Å². The Kier molecular flexibility index (Phi) is 4.55. The van der Waals surface area contributed by atoms with Gasteiger partial charge in [-0.3, -0.25) is 0 Å². The largest absolute Gasteiger partial charge is 0.388 e. The normalized spacial score (nSPS) is 39.9. The molecule has 2 aliphatic rings. The number of hydrogen-bond acceptors (Lipinski definition) is 4. The Morgan fingerprint density at radius 3 is 2.33 bits per heavy atom. The molecule has 2 aliphatic carbocycles. The molecule has 15 heavy (non-hydrogen) atoms. The molecular formula is C10H18ClNO3. The number of aliphatic hydroxyl groups excluding tert-OH is 3. The third-order valence-electron chi connectivity index (χ3n) is 2.92. The molecule has 0 bridgehead atoms. The van der Waals surface area contributed by atoms with E-state index in [1.54, 1.807) is 6.08 Å². The molecule has 0 aliphatic heterocycles. The van der Waals surface area contributed by atoms with Crippen LogP contribution in [0.1, 0.15) is 12.8 Å². The maximum Gasteiger partial charge on any atom is 0.111 e. The zero-order chi connectivity index (χ0) is 10.1. The lowest BCUT2D eigenvalue weighted by Crippen LogP contribution is -2.52. The maximum absolute atomic E-state index is 9.62. The van der Waals surface area contributed by atoms with E-state index in [2.05, 4.69) is 5.32 Å². The molecule has 0 aromatic rings. The fourth-order valence-electron chi connectivity index (χ4n) is 1.69. The summed E-state index contributed by atoms with van der Waals surface area (Å²) in [5.74, 6) is 0.736. The summed E-state index contributed by atoms with van der Waals surface area (Å²) in [6, 6.07) is -0.228. The Morgan fingerprint density at radius 1 is 1.07 bits per heavy atom. The predicted octanol–water partition coefficient (Wildman–Crippen LogP) is -0.571. The lowest BCUT2D eigenvalue weighted by molar-refractivity contribution is -0.0565. The van der Waals surface area contributed by atoms with Gasteiger partial charge in [0, 0.05) is 0 Å². The third kappa shape index (κ3) is 3.16. The summed E-state index contributed by atoms with van der Waals surface area (Å²) in [6.07, 6.45) is 2.84. The van der Waals surface area contributed by atoms with E-state index < -0.39 is 18.3 Å². The molecule has 0 radical (unpaired) electrons. The van der Waals surface area contributed by atoms with Crippen LogP contribution >= 0.6 is 12.4 Å². The molecule has 0 aromatic heterocycles. The Hall–Kier alpha value is -0.130. The van der Waals surface area contributed by atoms with Crippen LogP contribution in [0.5, 0.6) is 0 Å². The van der Waals surface area contributed by atoms with Crippen molar-refractivity contribution in [3.8, 4) is 0 Å². The fourth-order valence-corrected chi connectivity index (χ4v) is 1.69. The van der Waals surface area contributed by atoms with Crippen molar-refractivity contribution in [3.05, 3.63) is 12.2 Å². The van der Waals surface area contributed by atoms with Crippen LogP contribution in [0.25, 0.3) is 0 Å². The van der Waals surface area contributed by atoms with Gasteiger partial charge in [-0.05, 0) is 25.3 Å². The van der Waals surface area contributed by atoms with Crippen molar-refractivity contribution in [1.82, 2.24) is 5.32 Å². The number of aliphatic hydroxyl groups is 3. The zero-order valence-corrected chi connectivity index (χ0v) is 9.23. The summed E-state index contributed by atoms with van der Waals surface area (Å²) in [6.45, 7) is 0.884. The van der Waals surface area contributed by atoms with Gasteiger partial charge in [0.1, 0.15) is 18.3 Å². The van der Waals surface area contributed by atoms with Gasteiger partial charge in [0.2, 0.25) is 0 Å². The van der Waals surface area contributed by atoms with E-state index in [9.17, 15) is 15.3 Å². The fraction of sp³-hybridized carbons (Fsp3) is 0.800. The summed E-state index contributed by atoms with van der Waals surface area (Å²) in [5.41, 5.74) is 0. The number of hydrogen-bond donors (Lipinski definition) is 4. The molecule has 0 heterocycles. The molecule has 5 heteroatoms. The molecule has 4 atom stereocenters. The molecule has 0 aromatic carbocycles. The van der Waals surface area contributed by atoms with Crippen LogP contribution in [-0.2, 0) is 0 Å². The monoisotopic (exact) mass is 235 g/mol. The first kappa shape index (κ1) is 12.9. The van der Waals surface area contributed by atoms with Crippen LogP contribution < -0.4 is 5.32 Å². The van der Waals surface area contributed by atoms with Gasteiger partial charge in [0.05, 0.1) is 6.04 Å². The van der Waals surface area contributed by atoms with Gasteiger partial charge in [0.15, 0.2) is 0 Å². The minimum absolute atomic E-state index is 0. The van der Waals surface area contributed by atoms with E-state index in [4.69, 9.17) is 0 Å². The van der Waals surface area contributed by atoms with E-state index in [-0.39, 0.29) is 18.4 Å². The number of nitrogens with one attached hydrogen (secondary N) is 1. The van der Waals surface area contributed by atoms with E-state index in [0.717, 1.165) is 12.5 Å². The van der Waals surface area contributed by atoms with E-state index in [0.29, 0.717) is 0 Å². The first-order valence-corrected chi connectivity index (χ1v) is 5.14. The van der Waals surface area contributed by atoms with E-state index in [1.807, 2.05) is 0 Å². The molecule has 0 saturated heterocycles. The van der Waals surface area contributed by atoms with Crippen LogP contribution in [0.2, 0.25) is 0 Å². The highest BCUT2D eigenvalue weighted by Crippen LogP contribution is 2.28. The van der Waals surface area contributed by atoms with Gasteiger partial charge in [-0.2, -0.15) is 0 Å². The number of halogens is 1. The lowest BCUT2D eigenvalue weighted by Gasteiger charge is -2.31. The Morgan fingerprint density at radius 2 is 1.73 bits per heavy atom. The van der Waals surface area contributed by atoms with Crippen LogP contribution in [0, 0.1) is 5.92 Å². The molecule has 0 spiro atoms. The van der Waals surface area contributed by atoms with Crippen molar-refractivity contribution < 1.29 is 15.3 Å². The molecule has 0 unspecified atom stereocenters. The van der Waals surface area contributed by atoms with Gasteiger partial charge in [-0.15, -0.1) is 12.4 Å². The van der Waals surface area contributed by atoms with Crippen molar-refractivity contribution in [2.45, 2.75) is 37.2 Å². The highest BCUT2D eigenvalue weighted by atomic mass is 35.5. The smallest absolute Gasteiger partial charge is 0.111 e. The highest BCUT2D eigenvalue weighted by Gasteiger charge is 2.33. The minimum Gasteiger partial charge on any atom is -0.388 e. The van der Waals surface area contributed by atoms with Crippen molar-refractivity contribution >= 4 is 12.4 Å². The topological polar surface area (TPSA) is 72.7 Å². The predicted molar refractivity (Wildman–Crippen MR) is 58.9 cm³/mol. The second kappa shape index (κ2) is 5.27. The molecule has 0 amide bonds. The molecule has 1 saturated carbocycles. The van der Waals surface area contributed by atoms with Crippen LogP contribution in [0.4, 0.5) is 0 Å². The standard InChI is InChI=1S/C10H17NO3.ClH/c12-8-4-3-7(9(13)10(8)14)11-5-6-1-2-6;/h3-4,6-14H,1-2,5H2;1H/t7-,8+,9+,10+;/m0./s1. The third-order valence-corrected chi connectivity index (χ3v) is 2.92. The second-order valence-corrected chi connectivity index (χ2v) is 4.23. The van der Waals surface area contributed by atoms with Crippen LogP contribution in [-0.4, -0.2) is 46.2 Å². The van der Waals surface area contributed by atoms with E-state index in [1.165, 1.54) is 18.9 Å².